The number of hydrogen-bond acceptors (Lipinski definition) is 3. The van der Waals surface area contributed by atoms with Crippen molar-refractivity contribution >= 4 is 5.91 Å². The number of rotatable bonds is 2. The van der Waals surface area contributed by atoms with Crippen LogP contribution in [-0.4, -0.2) is 60.1 Å². The lowest BCUT2D eigenvalue weighted by molar-refractivity contribution is -0.136. The molecule has 2 saturated heterocycles. The Balaban J connectivity index is 1.61. The summed E-state index contributed by atoms with van der Waals surface area (Å²) >= 11 is 0. The maximum absolute atomic E-state index is 12.8. The Morgan fingerprint density at radius 3 is 2.52 bits per heavy atom. The topological polar surface area (TPSA) is 32.8 Å². The van der Waals surface area contributed by atoms with E-state index < -0.39 is 0 Å². The summed E-state index contributed by atoms with van der Waals surface area (Å²) in [4.78, 5) is 17.4. The highest BCUT2D eigenvalue weighted by Gasteiger charge is 2.43. The van der Waals surface area contributed by atoms with E-state index in [9.17, 15) is 4.79 Å². The average molecular weight is 294 g/mol. The third kappa shape index (κ3) is 3.11. The molecule has 2 aliphatic heterocycles. The summed E-state index contributed by atoms with van der Waals surface area (Å²) in [7, 11) is 0. The highest BCUT2D eigenvalue weighted by Crippen LogP contribution is 2.32. The van der Waals surface area contributed by atoms with Gasteiger partial charge >= 0.3 is 0 Å². The lowest BCUT2D eigenvalue weighted by Gasteiger charge is -2.39. The Kier molecular flexibility index (Phi) is 4.55. The van der Waals surface area contributed by atoms with E-state index in [1.165, 1.54) is 12.8 Å². The Labute approximate surface area is 128 Å². The zero-order chi connectivity index (χ0) is 15.0. The fraction of sp³-hybridized carbons (Fsp3) is 0.941. The molecule has 0 aromatic heterocycles. The molecule has 0 spiro atoms. The Morgan fingerprint density at radius 1 is 1.14 bits per heavy atom. The van der Waals surface area contributed by atoms with Crippen LogP contribution in [0.1, 0.15) is 46.5 Å². The summed E-state index contributed by atoms with van der Waals surface area (Å²) in [5.74, 6) is 1.47. The number of hydrogen-bond donors (Lipinski definition) is 0. The summed E-state index contributed by atoms with van der Waals surface area (Å²) in [6, 6.07) is 0.942. The first kappa shape index (κ1) is 15.3. The Bertz CT molecular complexity index is 377. The Hall–Kier alpha value is -0.610. The standard InChI is InChI=1S/C17H30N2O2/c1-12(2)19-8-9-21-16-11-18(10-15(16)19)17(20)14-6-4-13(3)5-7-14/h12-16H,4-11H2,1-3H3. The van der Waals surface area contributed by atoms with Crippen molar-refractivity contribution in [1.82, 2.24) is 9.80 Å². The second-order valence-corrected chi connectivity index (χ2v) is 7.51. The van der Waals surface area contributed by atoms with E-state index >= 15 is 0 Å². The molecule has 120 valence electrons. The van der Waals surface area contributed by atoms with Gasteiger partial charge in [-0.3, -0.25) is 9.69 Å². The van der Waals surface area contributed by atoms with E-state index in [0.717, 1.165) is 45.0 Å². The van der Waals surface area contributed by atoms with Gasteiger partial charge in [-0.1, -0.05) is 6.92 Å². The highest BCUT2D eigenvalue weighted by atomic mass is 16.5. The van der Waals surface area contributed by atoms with E-state index in [1.807, 2.05) is 0 Å². The van der Waals surface area contributed by atoms with Crippen LogP contribution in [0.15, 0.2) is 0 Å². The van der Waals surface area contributed by atoms with Crippen LogP contribution >= 0.6 is 0 Å². The van der Waals surface area contributed by atoms with Crippen LogP contribution in [0.25, 0.3) is 0 Å². The van der Waals surface area contributed by atoms with E-state index in [2.05, 4.69) is 30.6 Å². The van der Waals surface area contributed by atoms with Gasteiger partial charge in [0, 0.05) is 31.6 Å². The predicted molar refractivity (Wildman–Crippen MR) is 83.1 cm³/mol. The molecule has 2 atom stereocenters. The van der Waals surface area contributed by atoms with Crippen molar-refractivity contribution in [3.8, 4) is 0 Å². The lowest BCUT2D eigenvalue weighted by Crippen LogP contribution is -2.53. The van der Waals surface area contributed by atoms with E-state index in [1.54, 1.807) is 0 Å². The fourth-order valence-electron chi connectivity index (χ4n) is 4.30. The smallest absolute Gasteiger partial charge is 0.225 e. The number of nitrogens with zero attached hydrogens (tertiary/aromatic N) is 2. The van der Waals surface area contributed by atoms with Crippen molar-refractivity contribution in [3.63, 3.8) is 0 Å². The van der Waals surface area contributed by atoms with Crippen molar-refractivity contribution in [3.05, 3.63) is 0 Å². The molecule has 21 heavy (non-hydrogen) atoms. The second kappa shape index (κ2) is 6.25. The zero-order valence-corrected chi connectivity index (χ0v) is 13.8. The first-order valence-corrected chi connectivity index (χ1v) is 8.72. The molecule has 3 rings (SSSR count). The number of fused-ring (bicyclic) bond motifs is 1. The minimum absolute atomic E-state index is 0.229. The monoisotopic (exact) mass is 294 g/mol. The van der Waals surface area contributed by atoms with Crippen LogP contribution in [0, 0.1) is 11.8 Å². The van der Waals surface area contributed by atoms with Gasteiger partial charge in [0.2, 0.25) is 5.91 Å². The number of carbonyl (C=O) groups is 1. The van der Waals surface area contributed by atoms with Gasteiger partial charge in [0.05, 0.1) is 18.8 Å². The molecule has 1 saturated carbocycles. The molecule has 2 unspecified atom stereocenters. The average Bonchev–Trinajstić information content (AvgIpc) is 2.90. The molecule has 0 aromatic rings. The lowest BCUT2D eigenvalue weighted by atomic mass is 9.82. The van der Waals surface area contributed by atoms with E-state index in [-0.39, 0.29) is 12.0 Å². The van der Waals surface area contributed by atoms with Crippen molar-refractivity contribution in [2.24, 2.45) is 11.8 Å². The molecule has 4 heteroatoms. The molecule has 0 radical (unpaired) electrons. The van der Waals surface area contributed by atoms with Crippen molar-refractivity contribution < 1.29 is 9.53 Å². The van der Waals surface area contributed by atoms with Gasteiger partial charge in [-0.05, 0) is 45.4 Å². The van der Waals surface area contributed by atoms with Crippen LogP contribution in [0.2, 0.25) is 0 Å². The van der Waals surface area contributed by atoms with Crippen LogP contribution < -0.4 is 0 Å². The SMILES string of the molecule is CC1CCC(C(=O)N2CC3OCCN(C(C)C)C3C2)CC1. The minimum atomic E-state index is 0.229. The summed E-state index contributed by atoms with van der Waals surface area (Å²) < 4.78 is 5.93. The van der Waals surface area contributed by atoms with Gasteiger partial charge in [-0.2, -0.15) is 0 Å². The first-order valence-electron chi connectivity index (χ1n) is 8.72. The van der Waals surface area contributed by atoms with Crippen LogP contribution in [0.4, 0.5) is 0 Å². The molecule has 1 aliphatic carbocycles. The third-order valence-corrected chi connectivity index (χ3v) is 5.68. The van der Waals surface area contributed by atoms with Crippen molar-refractivity contribution in [1.29, 1.82) is 0 Å². The number of ether oxygens (including phenoxy) is 1. The normalized spacial score (nSPS) is 37.8. The number of amides is 1. The molecule has 3 fully saturated rings. The summed E-state index contributed by atoms with van der Waals surface area (Å²) in [5.41, 5.74) is 0. The van der Waals surface area contributed by atoms with Crippen LogP contribution in [0.3, 0.4) is 0 Å². The number of likely N-dealkylation sites (tertiary alicyclic amines) is 1. The van der Waals surface area contributed by atoms with E-state index in [0.29, 0.717) is 18.0 Å². The summed E-state index contributed by atoms with van der Waals surface area (Å²) in [6.07, 6.45) is 4.83. The number of morpholine rings is 1. The molecule has 4 nitrogen and oxygen atoms in total. The summed E-state index contributed by atoms with van der Waals surface area (Å²) in [5, 5.41) is 0. The minimum Gasteiger partial charge on any atom is -0.373 e. The van der Waals surface area contributed by atoms with Crippen molar-refractivity contribution in [2.45, 2.75) is 64.6 Å². The highest BCUT2D eigenvalue weighted by molar-refractivity contribution is 5.79. The Morgan fingerprint density at radius 2 is 1.86 bits per heavy atom. The predicted octanol–water partition coefficient (Wildman–Crippen LogP) is 2.13. The first-order chi connectivity index (χ1) is 10.1. The van der Waals surface area contributed by atoms with E-state index in [4.69, 9.17) is 4.74 Å². The zero-order valence-electron chi connectivity index (χ0n) is 13.8. The molecule has 0 aromatic carbocycles. The van der Waals surface area contributed by atoms with Gasteiger partial charge in [0.1, 0.15) is 0 Å². The van der Waals surface area contributed by atoms with Gasteiger partial charge in [-0.15, -0.1) is 0 Å². The van der Waals surface area contributed by atoms with Crippen LogP contribution in [0.5, 0.6) is 0 Å². The summed E-state index contributed by atoms with van der Waals surface area (Å²) in [6.45, 7) is 10.3. The molecule has 1 amide bonds. The maximum Gasteiger partial charge on any atom is 0.225 e. The molecular formula is C17H30N2O2. The fourth-order valence-corrected chi connectivity index (χ4v) is 4.30. The maximum atomic E-state index is 12.8. The molecular weight excluding hydrogens is 264 g/mol. The second-order valence-electron chi connectivity index (χ2n) is 7.51. The van der Waals surface area contributed by atoms with Gasteiger partial charge in [-0.25, -0.2) is 0 Å². The number of carbonyl (C=O) groups excluding carboxylic acids is 1. The molecule has 3 aliphatic rings. The van der Waals surface area contributed by atoms with Gasteiger partial charge in [0.25, 0.3) is 0 Å². The third-order valence-electron chi connectivity index (χ3n) is 5.68. The van der Waals surface area contributed by atoms with Gasteiger partial charge in [0.15, 0.2) is 0 Å². The molecule has 0 N–H and O–H groups in total. The quantitative estimate of drug-likeness (QED) is 0.782. The molecule has 2 heterocycles. The van der Waals surface area contributed by atoms with Crippen LogP contribution in [-0.2, 0) is 9.53 Å². The van der Waals surface area contributed by atoms with Crippen molar-refractivity contribution in [2.75, 3.05) is 26.2 Å². The molecule has 0 bridgehead atoms. The largest absolute Gasteiger partial charge is 0.373 e. The van der Waals surface area contributed by atoms with Gasteiger partial charge < -0.3 is 9.64 Å².